The van der Waals surface area contributed by atoms with Crippen molar-refractivity contribution in [2.75, 3.05) is 0 Å². The Morgan fingerprint density at radius 2 is 0.729 bits per heavy atom. The molecule has 0 spiro atoms. The standard InChI is InChI=1S/C64H36F2N4/c1-68-48-25-31-54-53-28-18-45(36-61(53)70(62(54)37-48)50-10-6-3-7-11-50)43-20-30-56-58(34-43)64(41-15-23-47(66)24-16-41)55-29-19-42(33-57(55)63(56)40-13-21-46(65)22-14-40)44-17-27-52-51-26-12-39(38-67)32-59(51)69(60(52)35-44)49-8-4-2-5-9-49/h2-37H. The van der Waals surface area contributed by atoms with Crippen molar-refractivity contribution < 1.29 is 8.78 Å². The molecule has 0 saturated heterocycles. The summed E-state index contributed by atoms with van der Waals surface area (Å²) in [5, 5.41) is 18.1. The average Bonchev–Trinajstić information content (AvgIpc) is 3.92. The lowest BCUT2D eigenvalue weighted by Gasteiger charge is -2.20. The fourth-order valence-electron chi connectivity index (χ4n) is 10.7. The molecule has 70 heavy (non-hydrogen) atoms. The Morgan fingerprint density at radius 3 is 1.17 bits per heavy atom. The lowest BCUT2D eigenvalue weighted by Crippen LogP contribution is -1.95. The van der Waals surface area contributed by atoms with Crippen LogP contribution in [0.4, 0.5) is 14.5 Å². The fraction of sp³-hybridized carbons (Fsp3) is 0. The summed E-state index contributed by atoms with van der Waals surface area (Å²) in [4.78, 5) is 3.76. The molecule has 2 heterocycles. The predicted molar refractivity (Wildman–Crippen MR) is 283 cm³/mol. The summed E-state index contributed by atoms with van der Waals surface area (Å²) in [5.74, 6) is -0.637. The third-order valence-corrected chi connectivity index (χ3v) is 13.9. The van der Waals surface area contributed by atoms with E-state index >= 15 is 0 Å². The van der Waals surface area contributed by atoms with E-state index in [2.05, 4.69) is 117 Å². The topological polar surface area (TPSA) is 38.0 Å². The summed E-state index contributed by atoms with van der Waals surface area (Å²) in [5.41, 5.74) is 14.8. The van der Waals surface area contributed by atoms with Gasteiger partial charge in [0, 0.05) is 38.4 Å². The first kappa shape index (κ1) is 40.6. The smallest absolute Gasteiger partial charge is 0.189 e. The second kappa shape index (κ2) is 16.0. The molecule has 13 rings (SSSR count). The number of benzene rings is 11. The van der Waals surface area contributed by atoms with Crippen molar-refractivity contribution in [2.45, 2.75) is 0 Å². The van der Waals surface area contributed by atoms with Crippen molar-refractivity contribution >= 4 is 70.8 Å². The van der Waals surface area contributed by atoms with Crippen LogP contribution in [0, 0.1) is 29.5 Å². The largest absolute Gasteiger partial charge is 0.310 e. The molecular weight excluding hydrogens is 863 g/mol. The Bertz CT molecular complexity index is 4080. The predicted octanol–water partition coefficient (Wildman–Crippen LogP) is 17.6. The SMILES string of the molecule is [C-]#[N+]c1ccc2c3ccc(-c4ccc5c(-c6ccc(F)cc6)c6cc(-c7ccc8c9ccc(C#N)cc9n(-c9ccccc9)c8c7)ccc6c(-c6ccc(F)cc6)c5c4)cc3n(-c3ccccc3)c2c1. The van der Waals surface area contributed by atoms with Gasteiger partial charge in [0.25, 0.3) is 0 Å². The van der Waals surface area contributed by atoms with Gasteiger partial charge in [0.15, 0.2) is 5.69 Å². The van der Waals surface area contributed by atoms with Gasteiger partial charge in [-0.15, -0.1) is 0 Å². The van der Waals surface area contributed by atoms with Gasteiger partial charge in [-0.1, -0.05) is 127 Å². The van der Waals surface area contributed by atoms with Crippen molar-refractivity contribution in [3.63, 3.8) is 0 Å². The van der Waals surface area contributed by atoms with Crippen molar-refractivity contribution in [1.82, 2.24) is 9.13 Å². The van der Waals surface area contributed by atoms with E-state index in [4.69, 9.17) is 6.57 Å². The van der Waals surface area contributed by atoms with Crippen LogP contribution in [0.25, 0.3) is 126 Å². The van der Waals surface area contributed by atoms with E-state index in [0.29, 0.717) is 11.3 Å². The van der Waals surface area contributed by atoms with Gasteiger partial charge in [-0.2, -0.15) is 5.26 Å². The molecule has 2 aromatic heterocycles. The highest BCUT2D eigenvalue weighted by molar-refractivity contribution is 6.23. The average molecular weight is 899 g/mol. The van der Waals surface area contributed by atoms with Gasteiger partial charge in [0.1, 0.15) is 11.6 Å². The van der Waals surface area contributed by atoms with Crippen molar-refractivity contribution in [3.8, 4) is 62.0 Å². The van der Waals surface area contributed by atoms with Crippen LogP contribution < -0.4 is 0 Å². The Kier molecular flexibility index (Phi) is 9.30. The van der Waals surface area contributed by atoms with Gasteiger partial charge >= 0.3 is 0 Å². The van der Waals surface area contributed by atoms with Crippen molar-refractivity contribution in [2.24, 2.45) is 0 Å². The van der Waals surface area contributed by atoms with Crippen LogP contribution in [0.15, 0.2) is 218 Å². The number of hydrogen-bond acceptors (Lipinski definition) is 1. The summed E-state index contributed by atoms with van der Waals surface area (Å²) in [7, 11) is 0. The second-order valence-corrected chi connectivity index (χ2v) is 17.7. The van der Waals surface area contributed by atoms with Gasteiger partial charge in [-0.25, -0.2) is 13.6 Å². The normalized spacial score (nSPS) is 11.5. The number of nitriles is 1. The third kappa shape index (κ3) is 6.47. The number of halogens is 2. The molecule has 0 aliphatic rings. The van der Waals surface area contributed by atoms with Crippen LogP contribution in [-0.4, -0.2) is 9.13 Å². The highest BCUT2D eigenvalue weighted by atomic mass is 19.1. The van der Waals surface area contributed by atoms with Crippen LogP contribution in [-0.2, 0) is 0 Å². The van der Waals surface area contributed by atoms with E-state index in [0.717, 1.165) is 121 Å². The molecular formula is C64H36F2N4. The summed E-state index contributed by atoms with van der Waals surface area (Å²) in [6.45, 7) is 7.77. The molecule has 6 heteroatoms. The fourth-order valence-corrected chi connectivity index (χ4v) is 10.7. The van der Waals surface area contributed by atoms with Crippen molar-refractivity contribution in [3.05, 3.63) is 247 Å². The summed E-state index contributed by atoms with van der Waals surface area (Å²) < 4.78 is 34.0. The van der Waals surface area contributed by atoms with Gasteiger partial charge < -0.3 is 9.13 Å². The lowest BCUT2D eigenvalue weighted by atomic mass is 9.84. The van der Waals surface area contributed by atoms with E-state index < -0.39 is 0 Å². The molecule has 0 fully saturated rings. The molecule has 326 valence electrons. The van der Waals surface area contributed by atoms with Crippen LogP contribution in [0.1, 0.15) is 5.56 Å². The first-order valence-corrected chi connectivity index (χ1v) is 23.0. The van der Waals surface area contributed by atoms with E-state index in [1.807, 2.05) is 97.1 Å². The molecule has 0 aliphatic carbocycles. The first-order chi connectivity index (χ1) is 34.4. The minimum absolute atomic E-state index is 0.318. The van der Waals surface area contributed by atoms with E-state index in [1.165, 1.54) is 24.3 Å². The molecule has 0 saturated carbocycles. The number of para-hydroxylation sites is 2. The first-order valence-electron chi connectivity index (χ1n) is 23.0. The van der Waals surface area contributed by atoms with Crippen LogP contribution >= 0.6 is 0 Å². The Balaban J connectivity index is 1.07. The maximum absolute atomic E-state index is 14.8. The van der Waals surface area contributed by atoms with Crippen LogP contribution in [0.3, 0.4) is 0 Å². The minimum atomic E-state index is -0.319. The zero-order valence-electron chi connectivity index (χ0n) is 37.3. The highest BCUT2D eigenvalue weighted by Gasteiger charge is 2.21. The number of rotatable bonds is 6. The Morgan fingerprint density at radius 1 is 0.357 bits per heavy atom. The van der Waals surface area contributed by atoms with Gasteiger partial charge in [-0.05, 0) is 157 Å². The van der Waals surface area contributed by atoms with Gasteiger partial charge in [0.2, 0.25) is 0 Å². The van der Waals surface area contributed by atoms with Crippen LogP contribution in [0.2, 0.25) is 0 Å². The highest BCUT2D eigenvalue weighted by Crippen LogP contribution is 2.47. The lowest BCUT2D eigenvalue weighted by molar-refractivity contribution is 0.627. The zero-order chi connectivity index (χ0) is 47.0. The molecule has 0 amide bonds. The molecule has 0 radical (unpaired) electrons. The van der Waals surface area contributed by atoms with E-state index in [1.54, 1.807) is 0 Å². The number of fused-ring (bicyclic) bond motifs is 8. The zero-order valence-corrected chi connectivity index (χ0v) is 37.3. The molecule has 0 N–H and O–H groups in total. The van der Waals surface area contributed by atoms with E-state index in [9.17, 15) is 14.0 Å². The molecule has 13 aromatic rings. The van der Waals surface area contributed by atoms with Gasteiger partial charge in [0.05, 0.1) is 34.8 Å². The number of aromatic nitrogens is 2. The number of nitrogens with zero attached hydrogens (tertiary/aromatic N) is 4. The van der Waals surface area contributed by atoms with Crippen molar-refractivity contribution in [1.29, 1.82) is 5.26 Å². The van der Waals surface area contributed by atoms with Crippen LogP contribution in [0.5, 0.6) is 0 Å². The molecule has 0 aliphatic heterocycles. The molecule has 4 nitrogen and oxygen atoms in total. The maximum Gasteiger partial charge on any atom is 0.189 e. The summed E-state index contributed by atoms with van der Waals surface area (Å²) in [6, 6.07) is 74.1. The maximum atomic E-state index is 14.8. The monoisotopic (exact) mass is 898 g/mol. The third-order valence-electron chi connectivity index (χ3n) is 13.9. The molecule has 0 atom stereocenters. The number of hydrogen-bond donors (Lipinski definition) is 0. The summed E-state index contributed by atoms with van der Waals surface area (Å²) >= 11 is 0. The second-order valence-electron chi connectivity index (χ2n) is 17.7. The Hall–Kier alpha value is -9.62. The Labute approximate surface area is 401 Å². The van der Waals surface area contributed by atoms with Gasteiger partial charge in [-0.3, -0.25) is 0 Å². The van der Waals surface area contributed by atoms with E-state index in [-0.39, 0.29) is 11.6 Å². The molecule has 0 unspecified atom stereocenters. The molecule has 0 bridgehead atoms. The molecule has 11 aromatic carbocycles. The quantitative estimate of drug-likeness (QED) is 0.121. The minimum Gasteiger partial charge on any atom is -0.310 e. The summed E-state index contributed by atoms with van der Waals surface area (Å²) in [6.07, 6.45) is 0.